The Morgan fingerprint density at radius 3 is 2.43 bits per heavy atom. The normalized spacial score (nSPS) is 14.9. The zero-order valence-corrected chi connectivity index (χ0v) is 17.6. The second-order valence-electron chi connectivity index (χ2n) is 7.55. The lowest BCUT2D eigenvalue weighted by Crippen LogP contribution is -2.36. The van der Waals surface area contributed by atoms with E-state index in [1.807, 2.05) is 24.3 Å². The van der Waals surface area contributed by atoms with Crippen LogP contribution in [-0.2, 0) is 4.74 Å². The smallest absolute Gasteiger partial charge is 0.225 e. The van der Waals surface area contributed by atoms with Crippen molar-refractivity contribution in [1.29, 1.82) is 0 Å². The lowest BCUT2D eigenvalue weighted by atomic mass is 10.1. The van der Waals surface area contributed by atoms with E-state index in [2.05, 4.69) is 65.8 Å². The lowest BCUT2D eigenvalue weighted by Gasteiger charge is -2.28. The van der Waals surface area contributed by atoms with Gasteiger partial charge in [0.05, 0.1) is 18.9 Å². The van der Waals surface area contributed by atoms with Crippen LogP contribution in [0.1, 0.15) is 20.3 Å². The predicted molar refractivity (Wildman–Crippen MR) is 124 cm³/mol. The quantitative estimate of drug-likeness (QED) is 0.583. The molecule has 30 heavy (non-hydrogen) atoms. The van der Waals surface area contributed by atoms with Gasteiger partial charge in [0.25, 0.3) is 0 Å². The molecular formula is C24H29N5O. The van der Waals surface area contributed by atoms with Gasteiger partial charge in [0.1, 0.15) is 5.82 Å². The van der Waals surface area contributed by atoms with Gasteiger partial charge in [-0.05, 0) is 37.6 Å². The van der Waals surface area contributed by atoms with E-state index < -0.39 is 0 Å². The van der Waals surface area contributed by atoms with Gasteiger partial charge in [0.2, 0.25) is 5.95 Å². The van der Waals surface area contributed by atoms with Gasteiger partial charge in [0.15, 0.2) is 0 Å². The van der Waals surface area contributed by atoms with Crippen molar-refractivity contribution < 1.29 is 4.74 Å². The number of aromatic nitrogens is 2. The average Bonchev–Trinajstić information content (AvgIpc) is 2.80. The van der Waals surface area contributed by atoms with Crippen LogP contribution in [0.2, 0.25) is 0 Å². The van der Waals surface area contributed by atoms with Crippen LogP contribution in [-0.4, -0.2) is 42.3 Å². The summed E-state index contributed by atoms with van der Waals surface area (Å²) in [5.41, 5.74) is 4.18. The third kappa shape index (κ3) is 5.07. The molecule has 0 aliphatic carbocycles. The standard InChI is InChI=1S/C24H29N5O/c1-3-18(2)25-24-27-22(19-7-5-4-6-8-19)17-23(28-24)26-20-9-11-21(12-10-20)29-13-15-30-16-14-29/h4-12,17-18H,3,13-16H2,1-2H3,(H2,25,26,27,28)/t18-/m1/s1. The van der Waals surface area contributed by atoms with E-state index in [1.165, 1.54) is 5.69 Å². The summed E-state index contributed by atoms with van der Waals surface area (Å²) in [6.45, 7) is 7.72. The molecule has 156 valence electrons. The van der Waals surface area contributed by atoms with Gasteiger partial charge in [-0.2, -0.15) is 4.98 Å². The molecule has 0 bridgehead atoms. The second kappa shape index (κ2) is 9.59. The largest absolute Gasteiger partial charge is 0.378 e. The number of hydrogen-bond donors (Lipinski definition) is 2. The van der Waals surface area contributed by atoms with Gasteiger partial charge >= 0.3 is 0 Å². The van der Waals surface area contributed by atoms with Crippen molar-refractivity contribution in [3.05, 3.63) is 60.7 Å². The maximum atomic E-state index is 5.44. The Labute approximate surface area is 178 Å². The van der Waals surface area contributed by atoms with Crippen molar-refractivity contribution in [1.82, 2.24) is 9.97 Å². The Morgan fingerprint density at radius 1 is 1.00 bits per heavy atom. The van der Waals surface area contributed by atoms with Crippen LogP contribution in [0.3, 0.4) is 0 Å². The molecule has 2 heterocycles. The van der Waals surface area contributed by atoms with Crippen molar-refractivity contribution in [2.45, 2.75) is 26.3 Å². The maximum Gasteiger partial charge on any atom is 0.225 e. The monoisotopic (exact) mass is 403 g/mol. The molecule has 1 saturated heterocycles. The average molecular weight is 404 g/mol. The van der Waals surface area contributed by atoms with Gasteiger partial charge in [0, 0.05) is 42.1 Å². The van der Waals surface area contributed by atoms with E-state index in [0.717, 1.165) is 55.5 Å². The minimum atomic E-state index is 0.302. The number of ether oxygens (including phenoxy) is 1. The zero-order chi connectivity index (χ0) is 20.8. The highest BCUT2D eigenvalue weighted by molar-refractivity contribution is 5.68. The molecular weight excluding hydrogens is 374 g/mol. The molecule has 3 aromatic rings. The molecule has 1 aliphatic heterocycles. The fourth-order valence-electron chi connectivity index (χ4n) is 3.38. The summed E-state index contributed by atoms with van der Waals surface area (Å²) in [5, 5.41) is 6.84. The Bertz CT molecular complexity index is 940. The predicted octanol–water partition coefficient (Wildman–Crippen LogP) is 4.93. The van der Waals surface area contributed by atoms with Crippen LogP contribution in [0.5, 0.6) is 0 Å². The molecule has 0 saturated carbocycles. The summed E-state index contributed by atoms with van der Waals surface area (Å²) in [5.74, 6) is 1.41. The van der Waals surface area contributed by atoms with Crippen molar-refractivity contribution in [2.24, 2.45) is 0 Å². The Morgan fingerprint density at radius 2 is 1.73 bits per heavy atom. The molecule has 6 heteroatoms. The summed E-state index contributed by atoms with van der Waals surface area (Å²) in [4.78, 5) is 11.8. The molecule has 1 aromatic heterocycles. The third-order valence-electron chi connectivity index (χ3n) is 5.30. The van der Waals surface area contributed by atoms with Crippen molar-refractivity contribution in [3.8, 4) is 11.3 Å². The highest BCUT2D eigenvalue weighted by Crippen LogP contribution is 2.25. The number of hydrogen-bond acceptors (Lipinski definition) is 6. The first-order valence-corrected chi connectivity index (χ1v) is 10.6. The lowest BCUT2D eigenvalue weighted by molar-refractivity contribution is 0.122. The van der Waals surface area contributed by atoms with Crippen molar-refractivity contribution >= 4 is 23.1 Å². The Kier molecular flexibility index (Phi) is 6.44. The second-order valence-corrected chi connectivity index (χ2v) is 7.55. The number of rotatable bonds is 7. The molecule has 0 unspecified atom stereocenters. The van der Waals surface area contributed by atoms with Gasteiger partial charge in [-0.25, -0.2) is 4.98 Å². The Hall–Kier alpha value is -3.12. The van der Waals surface area contributed by atoms with Crippen molar-refractivity contribution in [3.63, 3.8) is 0 Å². The van der Waals surface area contributed by atoms with Crippen LogP contribution in [0.15, 0.2) is 60.7 Å². The molecule has 0 spiro atoms. The van der Waals surface area contributed by atoms with Crippen LogP contribution in [0, 0.1) is 0 Å². The molecule has 0 radical (unpaired) electrons. The van der Waals surface area contributed by atoms with E-state index >= 15 is 0 Å². The minimum absolute atomic E-state index is 0.302. The van der Waals surface area contributed by atoms with Crippen LogP contribution >= 0.6 is 0 Å². The topological polar surface area (TPSA) is 62.3 Å². The first-order chi connectivity index (χ1) is 14.7. The van der Waals surface area contributed by atoms with Crippen LogP contribution < -0.4 is 15.5 Å². The molecule has 0 amide bonds. The molecule has 1 aliphatic rings. The highest BCUT2D eigenvalue weighted by Gasteiger charge is 2.12. The number of nitrogens with zero attached hydrogens (tertiary/aromatic N) is 3. The number of benzene rings is 2. The van der Waals surface area contributed by atoms with Crippen molar-refractivity contribution in [2.75, 3.05) is 41.8 Å². The fourth-order valence-corrected chi connectivity index (χ4v) is 3.38. The van der Waals surface area contributed by atoms with E-state index in [1.54, 1.807) is 0 Å². The fraction of sp³-hybridized carbons (Fsp3) is 0.333. The molecule has 1 atom stereocenters. The summed E-state index contributed by atoms with van der Waals surface area (Å²) in [6.07, 6.45) is 1.00. The molecule has 2 aromatic carbocycles. The van der Waals surface area contributed by atoms with Gasteiger partial charge in [-0.3, -0.25) is 0 Å². The summed E-state index contributed by atoms with van der Waals surface area (Å²) >= 11 is 0. The van der Waals surface area contributed by atoms with Gasteiger partial charge in [-0.1, -0.05) is 37.3 Å². The van der Waals surface area contributed by atoms with Gasteiger partial charge < -0.3 is 20.3 Å². The molecule has 4 rings (SSSR count). The number of anilines is 4. The van der Waals surface area contributed by atoms with E-state index in [9.17, 15) is 0 Å². The molecule has 1 fully saturated rings. The zero-order valence-electron chi connectivity index (χ0n) is 17.6. The van der Waals surface area contributed by atoms with E-state index in [0.29, 0.717) is 12.0 Å². The molecule has 2 N–H and O–H groups in total. The Balaban J connectivity index is 1.57. The molecule has 6 nitrogen and oxygen atoms in total. The first kappa shape index (κ1) is 20.2. The third-order valence-corrected chi connectivity index (χ3v) is 5.30. The maximum absolute atomic E-state index is 5.44. The van der Waals surface area contributed by atoms with E-state index in [-0.39, 0.29) is 0 Å². The first-order valence-electron chi connectivity index (χ1n) is 10.6. The van der Waals surface area contributed by atoms with Crippen LogP contribution in [0.4, 0.5) is 23.1 Å². The number of morpholine rings is 1. The SMILES string of the molecule is CC[C@@H](C)Nc1nc(Nc2ccc(N3CCOCC3)cc2)cc(-c2ccccc2)n1. The number of nitrogens with one attached hydrogen (secondary N) is 2. The summed E-state index contributed by atoms with van der Waals surface area (Å²) in [7, 11) is 0. The van der Waals surface area contributed by atoms with Crippen LogP contribution in [0.25, 0.3) is 11.3 Å². The van der Waals surface area contributed by atoms with Gasteiger partial charge in [-0.15, -0.1) is 0 Å². The minimum Gasteiger partial charge on any atom is -0.378 e. The summed E-state index contributed by atoms with van der Waals surface area (Å²) < 4.78 is 5.44. The highest BCUT2D eigenvalue weighted by atomic mass is 16.5. The van der Waals surface area contributed by atoms with E-state index in [4.69, 9.17) is 14.7 Å². The summed E-state index contributed by atoms with van der Waals surface area (Å²) in [6, 6.07) is 21.0.